The number of amides is 1. The van der Waals surface area contributed by atoms with Gasteiger partial charge in [0.2, 0.25) is 0 Å². The maximum atomic E-state index is 13.1. The van der Waals surface area contributed by atoms with Gasteiger partial charge >= 0.3 is 0 Å². The number of methoxy groups -OCH3 is 2. The summed E-state index contributed by atoms with van der Waals surface area (Å²) in [5.74, 6) is 2.07. The second kappa shape index (κ2) is 8.13. The number of hydrogen-bond donors (Lipinski definition) is 0. The first-order valence-electron chi connectivity index (χ1n) is 8.91. The molecule has 3 rings (SSSR count). The summed E-state index contributed by atoms with van der Waals surface area (Å²) in [7, 11) is 3.24. The van der Waals surface area contributed by atoms with Crippen LogP contribution in [0.3, 0.4) is 0 Å². The minimum absolute atomic E-state index is 0.0203. The van der Waals surface area contributed by atoms with Gasteiger partial charge in [-0.05, 0) is 55.7 Å². The number of carbonyl (C=O) groups is 1. The van der Waals surface area contributed by atoms with Crippen molar-refractivity contribution in [3.8, 4) is 17.2 Å². The molecule has 26 heavy (non-hydrogen) atoms. The summed E-state index contributed by atoms with van der Waals surface area (Å²) in [5.41, 5.74) is 1.71. The molecular weight excluding hydrogens is 330 g/mol. The maximum absolute atomic E-state index is 13.1. The summed E-state index contributed by atoms with van der Waals surface area (Å²) < 4.78 is 16.1. The monoisotopic (exact) mass is 355 g/mol. The van der Waals surface area contributed by atoms with Crippen LogP contribution >= 0.6 is 0 Å². The molecule has 138 valence electrons. The Labute approximate surface area is 154 Å². The van der Waals surface area contributed by atoms with E-state index < -0.39 is 0 Å². The molecule has 0 atom stereocenters. The van der Waals surface area contributed by atoms with E-state index in [1.54, 1.807) is 32.4 Å². The van der Waals surface area contributed by atoms with Crippen molar-refractivity contribution in [3.63, 3.8) is 0 Å². The van der Waals surface area contributed by atoms with Crippen LogP contribution < -0.4 is 14.2 Å². The van der Waals surface area contributed by atoms with Gasteiger partial charge in [0.25, 0.3) is 5.91 Å². The van der Waals surface area contributed by atoms with Crippen molar-refractivity contribution in [1.29, 1.82) is 0 Å². The van der Waals surface area contributed by atoms with E-state index in [0.717, 1.165) is 24.2 Å². The predicted octanol–water partition coefficient (Wildman–Crippen LogP) is 3.91. The molecule has 0 spiro atoms. The van der Waals surface area contributed by atoms with Crippen molar-refractivity contribution < 1.29 is 19.0 Å². The molecule has 1 amide bonds. The van der Waals surface area contributed by atoms with Crippen molar-refractivity contribution in [2.24, 2.45) is 0 Å². The molecule has 0 aromatic heterocycles. The highest BCUT2D eigenvalue weighted by Crippen LogP contribution is 2.33. The van der Waals surface area contributed by atoms with Gasteiger partial charge in [-0.1, -0.05) is 12.1 Å². The number of hydrogen-bond acceptors (Lipinski definition) is 4. The predicted molar refractivity (Wildman–Crippen MR) is 100 cm³/mol. The SMILES string of the molecule is CCOc1cc(C(=O)N(Cc2ccc(OC)cc2)C2CC2)ccc1OC. The summed E-state index contributed by atoms with van der Waals surface area (Å²) in [5, 5.41) is 0. The number of rotatable bonds is 8. The molecule has 0 unspecified atom stereocenters. The molecule has 0 N–H and O–H groups in total. The van der Waals surface area contributed by atoms with Gasteiger partial charge < -0.3 is 19.1 Å². The van der Waals surface area contributed by atoms with Crippen LogP contribution in [-0.4, -0.2) is 37.7 Å². The molecule has 1 aliphatic carbocycles. The summed E-state index contributed by atoms with van der Waals surface area (Å²) in [4.78, 5) is 15.1. The second-order valence-electron chi connectivity index (χ2n) is 6.31. The van der Waals surface area contributed by atoms with Crippen LogP contribution in [0.15, 0.2) is 42.5 Å². The van der Waals surface area contributed by atoms with Crippen LogP contribution in [0, 0.1) is 0 Å². The van der Waals surface area contributed by atoms with Gasteiger partial charge in [-0.15, -0.1) is 0 Å². The van der Waals surface area contributed by atoms with E-state index in [1.807, 2.05) is 36.1 Å². The van der Waals surface area contributed by atoms with Crippen molar-refractivity contribution >= 4 is 5.91 Å². The van der Waals surface area contributed by atoms with E-state index in [4.69, 9.17) is 14.2 Å². The van der Waals surface area contributed by atoms with E-state index in [1.165, 1.54) is 0 Å². The minimum atomic E-state index is 0.0203. The van der Waals surface area contributed by atoms with Crippen LogP contribution in [0.25, 0.3) is 0 Å². The molecule has 2 aromatic carbocycles. The molecule has 0 saturated heterocycles. The van der Waals surface area contributed by atoms with Gasteiger partial charge in [-0.25, -0.2) is 0 Å². The van der Waals surface area contributed by atoms with Gasteiger partial charge in [0.1, 0.15) is 5.75 Å². The van der Waals surface area contributed by atoms with Crippen molar-refractivity contribution in [3.05, 3.63) is 53.6 Å². The average Bonchev–Trinajstić information content (AvgIpc) is 3.51. The lowest BCUT2D eigenvalue weighted by Gasteiger charge is -2.23. The highest BCUT2D eigenvalue weighted by Gasteiger charge is 2.33. The third kappa shape index (κ3) is 4.10. The zero-order valence-corrected chi connectivity index (χ0v) is 15.5. The Morgan fingerprint density at radius 2 is 1.77 bits per heavy atom. The first-order valence-corrected chi connectivity index (χ1v) is 8.91. The molecule has 1 aliphatic rings. The fraction of sp³-hybridized carbons (Fsp3) is 0.381. The summed E-state index contributed by atoms with van der Waals surface area (Å²) in [6.45, 7) is 3.02. The molecular formula is C21H25NO4. The Bertz CT molecular complexity index is 753. The molecule has 2 aromatic rings. The quantitative estimate of drug-likeness (QED) is 0.720. The fourth-order valence-electron chi connectivity index (χ4n) is 2.92. The molecule has 5 heteroatoms. The summed E-state index contributed by atoms with van der Waals surface area (Å²) in [6.07, 6.45) is 2.10. The largest absolute Gasteiger partial charge is 0.497 e. The second-order valence-corrected chi connectivity index (χ2v) is 6.31. The van der Waals surface area contributed by atoms with Crippen molar-refractivity contribution in [2.75, 3.05) is 20.8 Å². The molecule has 0 aliphatic heterocycles. The number of nitrogens with zero attached hydrogens (tertiary/aromatic N) is 1. The first-order chi connectivity index (χ1) is 12.7. The minimum Gasteiger partial charge on any atom is -0.497 e. The molecule has 1 fully saturated rings. The van der Waals surface area contributed by atoms with Crippen LogP contribution in [0.1, 0.15) is 35.7 Å². The van der Waals surface area contributed by atoms with Crippen LogP contribution in [0.4, 0.5) is 0 Å². The Hall–Kier alpha value is -2.69. The van der Waals surface area contributed by atoms with E-state index in [9.17, 15) is 4.79 Å². The third-order valence-corrected chi connectivity index (χ3v) is 4.47. The zero-order chi connectivity index (χ0) is 18.5. The molecule has 1 saturated carbocycles. The Balaban J connectivity index is 1.81. The maximum Gasteiger partial charge on any atom is 0.254 e. The topological polar surface area (TPSA) is 48.0 Å². The van der Waals surface area contributed by atoms with Gasteiger partial charge in [0.15, 0.2) is 11.5 Å². The number of ether oxygens (including phenoxy) is 3. The third-order valence-electron chi connectivity index (χ3n) is 4.47. The van der Waals surface area contributed by atoms with E-state index >= 15 is 0 Å². The fourth-order valence-corrected chi connectivity index (χ4v) is 2.92. The Morgan fingerprint density at radius 3 is 2.35 bits per heavy atom. The van der Waals surface area contributed by atoms with Crippen molar-refractivity contribution in [2.45, 2.75) is 32.4 Å². The molecule has 5 nitrogen and oxygen atoms in total. The lowest BCUT2D eigenvalue weighted by Crippen LogP contribution is -2.32. The Morgan fingerprint density at radius 1 is 1.04 bits per heavy atom. The lowest BCUT2D eigenvalue weighted by atomic mass is 10.1. The summed E-state index contributed by atoms with van der Waals surface area (Å²) >= 11 is 0. The number of carbonyl (C=O) groups excluding carboxylic acids is 1. The van der Waals surface area contributed by atoms with Gasteiger partial charge in [-0.3, -0.25) is 4.79 Å². The first kappa shape index (κ1) is 18.1. The highest BCUT2D eigenvalue weighted by atomic mass is 16.5. The van der Waals surface area contributed by atoms with E-state index in [2.05, 4.69) is 0 Å². The van der Waals surface area contributed by atoms with Gasteiger partial charge in [0, 0.05) is 18.2 Å². The number of benzene rings is 2. The van der Waals surface area contributed by atoms with Gasteiger partial charge in [-0.2, -0.15) is 0 Å². The zero-order valence-electron chi connectivity index (χ0n) is 15.5. The Kier molecular flexibility index (Phi) is 5.66. The average molecular weight is 355 g/mol. The van der Waals surface area contributed by atoms with Crippen LogP contribution in [0.5, 0.6) is 17.2 Å². The van der Waals surface area contributed by atoms with E-state index in [0.29, 0.717) is 36.3 Å². The lowest BCUT2D eigenvalue weighted by molar-refractivity contribution is 0.0729. The van der Waals surface area contributed by atoms with Gasteiger partial charge in [0.05, 0.1) is 20.8 Å². The smallest absolute Gasteiger partial charge is 0.254 e. The normalized spacial score (nSPS) is 13.2. The van der Waals surface area contributed by atoms with Crippen LogP contribution in [-0.2, 0) is 6.54 Å². The highest BCUT2D eigenvalue weighted by molar-refractivity contribution is 5.95. The van der Waals surface area contributed by atoms with Crippen LogP contribution in [0.2, 0.25) is 0 Å². The molecule has 0 heterocycles. The van der Waals surface area contributed by atoms with E-state index in [-0.39, 0.29) is 5.91 Å². The standard InChI is InChI=1S/C21H25NO4/c1-4-26-20-13-16(7-12-19(20)25-3)21(23)22(17-8-9-17)14-15-5-10-18(24-2)11-6-15/h5-7,10-13,17H,4,8-9,14H2,1-3H3. The van der Waals surface area contributed by atoms with Crippen molar-refractivity contribution in [1.82, 2.24) is 4.90 Å². The molecule has 0 radical (unpaired) electrons. The summed E-state index contributed by atoms with van der Waals surface area (Å²) in [6, 6.07) is 13.5. The molecule has 0 bridgehead atoms.